The number of ether oxygens (including phenoxy) is 6. The summed E-state index contributed by atoms with van der Waals surface area (Å²) < 4.78 is 34.6. The van der Waals surface area contributed by atoms with Gasteiger partial charge in [0.25, 0.3) is 0 Å². The Morgan fingerprint density at radius 2 is 1.47 bits per heavy atom. The Bertz CT molecular complexity index is 1590. The van der Waals surface area contributed by atoms with Gasteiger partial charge in [-0.1, -0.05) is 56.2 Å². The minimum absolute atomic E-state index is 0.147. The van der Waals surface area contributed by atoms with Crippen LogP contribution in [-0.4, -0.2) is 76.1 Å². The van der Waals surface area contributed by atoms with Gasteiger partial charge in [0, 0.05) is 18.1 Å². The fourth-order valence-corrected chi connectivity index (χ4v) is 4.69. The van der Waals surface area contributed by atoms with Crippen molar-refractivity contribution in [2.24, 2.45) is 0 Å². The molecule has 0 bridgehead atoms. The molecule has 0 saturated carbocycles. The SMILES string of the molecule is C#CCOc1ccc2c(c1)c(-c1ccc(C(C)C)cc1)nc(=O)n2Cc1cccc(OCCOCCOCCOCCOC)c1. The number of benzene rings is 3. The smallest absolute Gasteiger partial charge is 0.348 e. The zero-order valence-corrected chi connectivity index (χ0v) is 26.3. The van der Waals surface area contributed by atoms with Gasteiger partial charge in [0.15, 0.2) is 0 Å². The molecule has 1 aromatic heterocycles. The molecule has 4 rings (SSSR count). The van der Waals surface area contributed by atoms with E-state index in [0.717, 1.165) is 22.0 Å². The minimum atomic E-state index is -0.341. The second-order valence-corrected chi connectivity index (χ2v) is 10.6. The molecular formula is C36H42N2O7. The minimum Gasteiger partial charge on any atom is -0.491 e. The van der Waals surface area contributed by atoms with Gasteiger partial charge in [-0.3, -0.25) is 4.57 Å². The Labute approximate surface area is 265 Å². The number of rotatable bonds is 19. The van der Waals surface area contributed by atoms with Crippen LogP contribution in [0.2, 0.25) is 0 Å². The normalized spacial score (nSPS) is 11.2. The molecule has 0 radical (unpaired) electrons. The number of nitrogens with zero attached hydrogens (tertiary/aromatic N) is 2. The predicted octanol–water partition coefficient (Wildman–Crippen LogP) is 5.32. The van der Waals surface area contributed by atoms with Crippen molar-refractivity contribution in [1.29, 1.82) is 0 Å². The van der Waals surface area contributed by atoms with E-state index in [1.165, 1.54) is 5.56 Å². The third kappa shape index (κ3) is 10.2. The highest BCUT2D eigenvalue weighted by Gasteiger charge is 2.15. The summed E-state index contributed by atoms with van der Waals surface area (Å²) in [5.41, 5.74) is 3.99. The quantitative estimate of drug-likeness (QED) is 0.104. The van der Waals surface area contributed by atoms with Crippen molar-refractivity contribution >= 4 is 10.9 Å². The maximum Gasteiger partial charge on any atom is 0.348 e. The van der Waals surface area contributed by atoms with Crippen LogP contribution in [-0.2, 0) is 25.5 Å². The maximum absolute atomic E-state index is 13.5. The van der Waals surface area contributed by atoms with Crippen LogP contribution in [0, 0.1) is 12.3 Å². The van der Waals surface area contributed by atoms with Crippen LogP contribution in [0.4, 0.5) is 0 Å². The van der Waals surface area contributed by atoms with Gasteiger partial charge in [-0.2, -0.15) is 4.98 Å². The Balaban J connectivity index is 1.41. The number of aromatic nitrogens is 2. The highest BCUT2D eigenvalue weighted by molar-refractivity contribution is 5.93. The van der Waals surface area contributed by atoms with E-state index in [1.54, 1.807) is 11.7 Å². The van der Waals surface area contributed by atoms with E-state index in [9.17, 15) is 4.79 Å². The summed E-state index contributed by atoms with van der Waals surface area (Å²) in [4.78, 5) is 18.0. The molecule has 0 unspecified atom stereocenters. The lowest BCUT2D eigenvalue weighted by Gasteiger charge is -2.15. The van der Waals surface area contributed by atoms with Gasteiger partial charge in [-0.15, -0.1) is 6.42 Å². The summed E-state index contributed by atoms with van der Waals surface area (Å²) in [5, 5.41) is 0.800. The highest BCUT2D eigenvalue weighted by Crippen LogP contribution is 2.30. The van der Waals surface area contributed by atoms with Crippen molar-refractivity contribution in [2.45, 2.75) is 26.3 Å². The van der Waals surface area contributed by atoms with Crippen molar-refractivity contribution in [1.82, 2.24) is 9.55 Å². The summed E-state index contributed by atoms with van der Waals surface area (Å²) in [5.74, 6) is 4.20. The molecule has 0 fully saturated rings. The molecule has 0 N–H and O–H groups in total. The zero-order chi connectivity index (χ0) is 31.9. The lowest BCUT2D eigenvalue weighted by molar-refractivity contribution is 0.000161. The summed E-state index contributed by atoms with van der Waals surface area (Å²) in [7, 11) is 1.64. The molecule has 1 heterocycles. The van der Waals surface area contributed by atoms with E-state index in [-0.39, 0.29) is 12.3 Å². The molecule has 0 aliphatic heterocycles. The third-order valence-corrected chi connectivity index (χ3v) is 7.04. The molecule has 9 nitrogen and oxygen atoms in total. The molecule has 0 saturated heterocycles. The molecule has 45 heavy (non-hydrogen) atoms. The van der Waals surface area contributed by atoms with Gasteiger partial charge in [0.05, 0.1) is 64.0 Å². The second-order valence-electron chi connectivity index (χ2n) is 10.6. The van der Waals surface area contributed by atoms with Crippen molar-refractivity contribution in [3.63, 3.8) is 0 Å². The molecule has 0 amide bonds. The Kier molecular flexibility index (Phi) is 13.4. The van der Waals surface area contributed by atoms with Gasteiger partial charge in [-0.25, -0.2) is 4.79 Å². The summed E-state index contributed by atoms with van der Waals surface area (Å²) in [6.07, 6.45) is 5.41. The number of hydrogen-bond acceptors (Lipinski definition) is 8. The fourth-order valence-electron chi connectivity index (χ4n) is 4.69. The number of terminal acetylenes is 1. The molecule has 9 heteroatoms. The van der Waals surface area contributed by atoms with Crippen molar-refractivity contribution in [3.05, 3.63) is 88.3 Å². The Morgan fingerprint density at radius 3 is 2.13 bits per heavy atom. The van der Waals surface area contributed by atoms with E-state index in [1.807, 2.05) is 54.6 Å². The molecule has 3 aromatic carbocycles. The van der Waals surface area contributed by atoms with Gasteiger partial charge in [0.1, 0.15) is 24.7 Å². The largest absolute Gasteiger partial charge is 0.491 e. The zero-order valence-electron chi connectivity index (χ0n) is 26.3. The molecular weight excluding hydrogens is 572 g/mol. The van der Waals surface area contributed by atoms with Crippen molar-refractivity contribution < 1.29 is 28.4 Å². The average Bonchev–Trinajstić information content (AvgIpc) is 3.05. The van der Waals surface area contributed by atoms with E-state index in [0.29, 0.717) is 82.5 Å². The number of hydrogen-bond donors (Lipinski definition) is 0. The number of methoxy groups -OCH3 is 1. The van der Waals surface area contributed by atoms with E-state index < -0.39 is 0 Å². The van der Waals surface area contributed by atoms with Crippen molar-refractivity contribution in [2.75, 3.05) is 66.6 Å². The first-order valence-electron chi connectivity index (χ1n) is 15.1. The summed E-state index contributed by atoms with van der Waals surface area (Å²) in [6.45, 7) is 8.70. The van der Waals surface area contributed by atoms with Crippen LogP contribution in [0.5, 0.6) is 11.5 Å². The maximum atomic E-state index is 13.5. The fraction of sp³-hybridized carbons (Fsp3) is 0.389. The lowest BCUT2D eigenvalue weighted by atomic mass is 9.99. The third-order valence-electron chi connectivity index (χ3n) is 7.04. The highest BCUT2D eigenvalue weighted by atomic mass is 16.6. The standard InChI is InChI=1S/C36H42N2O7/c1-5-15-44-32-13-14-34-33(25-32)35(30-11-9-29(10-12-30)27(2)3)37-36(39)38(34)26-28-7-6-8-31(24-28)45-23-22-43-21-20-42-19-18-41-17-16-40-4/h1,6-14,24-25,27H,15-23,26H2,2-4H3. The molecule has 0 aliphatic rings. The van der Waals surface area contributed by atoms with Crippen LogP contribution in [0.3, 0.4) is 0 Å². The van der Waals surface area contributed by atoms with Gasteiger partial charge in [-0.05, 0) is 47.4 Å². The van der Waals surface area contributed by atoms with Crippen LogP contribution >= 0.6 is 0 Å². The first-order chi connectivity index (χ1) is 22.0. The molecule has 0 atom stereocenters. The van der Waals surface area contributed by atoms with E-state index >= 15 is 0 Å². The first kappa shape index (κ1) is 33.7. The summed E-state index contributed by atoms with van der Waals surface area (Å²) >= 11 is 0. The second kappa shape index (κ2) is 17.9. The van der Waals surface area contributed by atoms with Gasteiger partial charge < -0.3 is 28.4 Å². The average molecular weight is 615 g/mol. The van der Waals surface area contributed by atoms with Crippen LogP contribution < -0.4 is 15.2 Å². The van der Waals surface area contributed by atoms with Crippen LogP contribution in [0.1, 0.15) is 30.9 Å². The lowest BCUT2D eigenvalue weighted by Crippen LogP contribution is -2.24. The van der Waals surface area contributed by atoms with Crippen LogP contribution in [0.25, 0.3) is 22.2 Å². The summed E-state index contributed by atoms with van der Waals surface area (Å²) in [6, 6.07) is 21.4. The molecule has 4 aromatic rings. The van der Waals surface area contributed by atoms with Gasteiger partial charge in [0.2, 0.25) is 0 Å². The molecule has 0 aliphatic carbocycles. The van der Waals surface area contributed by atoms with Crippen molar-refractivity contribution in [3.8, 4) is 35.1 Å². The van der Waals surface area contributed by atoms with Gasteiger partial charge >= 0.3 is 5.69 Å². The van der Waals surface area contributed by atoms with Crippen LogP contribution in [0.15, 0.2) is 71.5 Å². The Hall–Kier alpha value is -4.20. The van der Waals surface area contributed by atoms with E-state index in [2.05, 4.69) is 36.9 Å². The Morgan fingerprint density at radius 1 is 0.800 bits per heavy atom. The predicted molar refractivity (Wildman–Crippen MR) is 175 cm³/mol. The monoisotopic (exact) mass is 614 g/mol. The first-order valence-corrected chi connectivity index (χ1v) is 15.1. The van der Waals surface area contributed by atoms with E-state index in [4.69, 9.17) is 34.8 Å². The number of fused-ring (bicyclic) bond motifs is 1. The topological polar surface area (TPSA) is 90.3 Å². The molecule has 0 spiro atoms. The molecule has 238 valence electrons.